The molecule has 0 amide bonds. The normalized spacial score (nSPS) is 9.91. The zero-order valence-electron chi connectivity index (χ0n) is 6.03. The average Bonchev–Trinajstić information content (AvgIpc) is 1.95. The molecule has 1 aromatic rings. The first-order valence-corrected chi connectivity index (χ1v) is 3.27. The van der Waals surface area contributed by atoms with Gasteiger partial charge in [0.1, 0.15) is 5.82 Å². The van der Waals surface area contributed by atoms with Crippen LogP contribution >= 0.6 is 0 Å². The Kier molecular flexibility index (Phi) is 2.22. The molecule has 5 heteroatoms. The van der Waals surface area contributed by atoms with Crippen molar-refractivity contribution in [3.05, 3.63) is 22.7 Å². The molecule has 0 aromatic carbocycles. The molecule has 4 N–H and O–H groups in total. The molecule has 0 fully saturated rings. The standard InChI is InChI=1S/C6H10N4O/c7-2-4-10-3-1-5(8)9-6(10)11/h1,3H,2,4,7H2,(H2,8,9,11). The van der Waals surface area contributed by atoms with E-state index in [0.29, 0.717) is 13.1 Å². The monoisotopic (exact) mass is 154 g/mol. The Balaban J connectivity index is 3.00. The van der Waals surface area contributed by atoms with E-state index in [-0.39, 0.29) is 11.5 Å². The molecule has 11 heavy (non-hydrogen) atoms. The summed E-state index contributed by atoms with van der Waals surface area (Å²) in [5.74, 6) is 0.239. The lowest BCUT2D eigenvalue weighted by molar-refractivity contribution is 0.661. The summed E-state index contributed by atoms with van der Waals surface area (Å²) in [7, 11) is 0. The van der Waals surface area contributed by atoms with Crippen LogP contribution in [0.5, 0.6) is 0 Å². The summed E-state index contributed by atoms with van der Waals surface area (Å²) in [5, 5.41) is 0. The molecule has 0 aliphatic heterocycles. The van der Waals surface area contributed by atoms with Gasteiger partial charge >= 0.3 is 5.69 Å². The van der Waals surface area contributed by atoms with E-state index in [1.54, 1.807) is 12.3 Å². The Labute approximate surface area is 63.7 Å². The lowest BCUT2D eigenvalue weighted by Crippen LogP contribution is -2.26. The molecule has 0 aliphatic carbocycles. The van der Waals surface area contributed by atoms with E-state index in [9.17, 15) is 4.79 Å². The first kappa shape index (κ1) is 7.74. The number of nitrogens with two attached hydrogens (primary N) is 2. The zero-order chi connectivity index (χ0) is 8.27. The van der Waals surface area contributed by atoms with Crippen molar-refractivity contribution in [2.75, 3.05) is 12.3 Å². The molecule has 0 atom stereocenters. The molecule has 1 rings (SSSR count). The maximum absolute atomic E-state index is 10.9. The highest BCUT2D eigenvalue weighted by Crippen LogP contribution is 1.87. The van der Waals surface area contributed by atoms with Crippen LogP contribution < -0.4 is 17.2 Å². The Morgan fingerprint density at radius 1 is 1.64 bits per heavy atom. The molecule has 1 aromatic heterocycles. The topological polar surface area (TPSA) is 86.9 Å². The highest BCUT2D eigenvalue weighted by molar-refractivity contribution is 5.23. The largest absolute Gasteiger partial charge is 0.383 e. The third kappa shape index (κ3) is 1.78. The third-order valence-corrected chi connectivity index (χ3v) is 1.27. The van der Waals surface area contributed by atoms with Gasteiger partial charge in [-0.3, -0.25) is 4.57 Å². The fourth-order valence-corrected chi connectivity index (χ4v) is 0.751. The van der Waals surface area contributed by atoms with E-state index in [1.165, 1.54) is 4.57 Å². The van der Waals surface area contributed by atoms with Crippen LogP contribution in [-0.2, 0) is 6.54 Å². The molecular weight excluding hydrogens is 144 g/mol. The van der Waals surface area contributed by atoms with Crippen molar-refractivity contribution in [1.29, 1.82) is 0 Å². The van der Waals surface area contributed by atoms with Crippen molar-refractivity contribution in [2.45, 2.75) is 6.54 Å². The zero-order valence-corrected chi connectivity index (χ0v) is 6.03. The fraction of sp³-hybridized carbons (Fsp3) is 0.333. The molecule has 0 saturated carbocycles. The average molecular weight is 154 g/mol. The summed E-state index contributed by atoms with van der Waals surface area (Å²) >= 11 is 0. The predicted molar refractivity (Wildman–Crippen MR) is 42.0 cm³/mol. The van der Waals surface area contributed by atoms with Gasteiger partial charge < -0.3 is 11.5 Å². The second-order valence-corrected chi connectivity index (χ2v) is 2.12. The van der Waals surface area contributed by atoms with Crippen molar-refractivity contribution in [2.24, 2.45) is 5.73 Å². The second-order valence-electron chi connectivity index (χ2n) is 2.12. The molecule has 60 valence electrons. The minimum Gasteiger partial charge on any atom is -0.383 e. The van der Waals surface area contributed by atoms with Crippen molar-refractivity contribution in [1.82, 2.24) is 9.55 Å². The minimum absolute atomic E-state index is 0.239. The van der Waals surface area contributed by atoms with E-state index in [4.69, 9.17) is 11.5 Å². The lowest BCUT2D eigenvalue weighted by atomic mass is 10.5. The van der Waals surface area contributed by atoms with Crippen LogP contribution in [0.15, 0.2) is 17.1 Å². The predicted octanol–water partition coefficient (Wildman–Crippen LogP) is -1.22. The van der Waals surface area contributed by atoms with E-state index in [2.05, 4.69) is 4.98 Å². The fourth-order valence-electron chi connectivity index (χ4n) is 0.751. The molecule has 0 bridgehead atoms. The maximum atomic E-state index is 10.9. The molecule has 1 heterocycles. The number of aromatic nitrogens is 2. The van der Waals surface area contributed by atoms with Gasteiger partial charge in [0, 0.05) is 19.3 Å². The summed E-state index contributed by atoms with van der Waals surface area (Å²) in [6.45, 7) is 0.900. The summed E-state index contributed by atoms with van der Waals surface area (Å²) in [6, 6.07) is 1.57. The van der Waals surface area contributed by atoms with Gasteiger partial charge in [0.25, 0.3) is 0 Å². The van der Waals surface area contributed by atoms with Gasteiger partial charge in [0.15, 0.2) is 0 Å². The smallest absolute Gasteiger partial charge is 0.349 e. The first-order valence-electron chi connectivity index (χ1n) is 3.27. The molecule has 0 saturated heterocycles. The number of nitrogen functional groups attached to an aromatic ring is 1. The summed E-state index contributed by atoms with van der Waals surface area (Å²) in [6.07, 6.45) is 1.58. The Morgan fingerprint density at radius 3 is 2.91 bits per heavy atom. The number of nitrogens with zero attached hydrogens (tertiary/aromatic N) is 2. The SMILES string of the molecule is NCCn1ccc(N)nc1=O. The maximum Gasteiger partial charge on any atom is 0.349 e. The Bertz CT molecular complexity index is 293. The van der Waals surface area contributed by atoms with Gasteiger partial charge in [0.05, 0.1) is 0 Å². The summed E-state index contributed by atoms with van der Waals surface area (Å²) < 4.78 is 1.41. The number of rotatable bonds is 2. The Morgan fingerprint density at radius 2 is 2.36 bits per heavy atom. The van der Waals surface area contributed by atoms with Crippen LogP contribution in [0.2, 0.25) is 0 Å². The molecule has 0 radical (unpaired) electrons. The van der Waals surface area contributed by atoms with Crippen LogP contribution in [0, 0.1) is 0 Å². The summed E-state index contributed by atoms with van der Waals surface area (Å²) in [4.78, 5) is 14.5. The second kappa shape index (κ2) is 3.16. The van der Waals surface area contributed by atoms with Crippen molar-refractivity contribution in [3.63, 3.8) is 0 Å². The van der Waals surface area contributed by atoms with E-state index in [0.717, 1.165) is 0 Å². The molecule has 5 nitrogen and oxygen atoms in total. The quantitative estimate of drug-likeness (QED) is 0.559. The minimum atomic E-state index is -0.351. The molecule has 0 spiro atoms. The van der Waals surface area contributed by atoms with E-state index >= 15 is 0 Å². The number of hydrogen-bond donors (Lipinski definition) is 2. The first-order chi connectivity index (χ1) is 5.24. The van der Waals surface area contributed by atoms with Gasteiger partial charge in [-0.2, -0.15) is 4.98 Å². The number of anilines is 1. The highest BCUT2D eigenvalue weighted by atomic mass is 16.1. The number of hydrogen-bond acceptors (Lipinski definition) is 4. The van der Waals surface area contributed by atoms with Gasteiger partial charge in [-0.05, 0) is 6.07 Å². The highest BCUT2D eigenvalue weighted by Gasteiger charge is 1.94. The van der Waals surface area contributed by atoms with E-state index < -0.39 is 0 Å². The van der Waals surface area contributed by atoms with Crippen LogP contribution in [0.3, 0.4) is 0 Å². The molecule has 0 aliphatic rings. The van der Waals surface area contributed by atoms with Crippen molar-refractivity contribution in [3.8, 4) is 0 Å². The molecule has 0 unspecified atom stereocenters. The van der Waals surface area contributed by atoms with Crippen molar-refractivity contribution < 1.29 is 0 Å². The van der Waals surface area contributed by atoms with Crippen molar-refractivity contribution >= 4 is 5.82 Å². The van der Waals surface area contributed by atoms with Crippen LogP contribution in [0.25, 0.3) is 0 Å². The van der Waals surface area contributed by atoms with E-state index in [1.807, 2.05) is 0 Å². The lowest BCUT2D eigenvalue weighted by Gasteiger charge is -2.00. The van der Waals surface area contributed by atoms with Gasteiger partial charge in [0.2, 0.25) is 0 Å². The van der Waals surface area contributed by atoms with Crippen LogP contribution in [0.4, 0.5) is 5.82 Å². The van der Waals surface area contributed by atoms with Crippen LogP contribution in [-0.4, -0.2) is 16.1 Å². The molecular formula is C6H10N4O. The van der Waals surface area contributed by atoms with Gasteiger partial charge in [-0.25, -0.2) is 4.79 Å². The third-order valence-electron chi connectivity index (χ3n) is 1.27. The Hall–Kier alpha value is -1.36. The van der Waals surface area contributed by atoms with Gasteiger partial charge in [-0.15, -0.1) is 0 Å². The van der Waals surface area contributed by atoms with Crippen LogP contribution in [0.1, 0.15) is 0 Å². The summed E-state index contributed by atoms with van der Waals surface area (Å²) in [5.41, 5.74) is 10.2. The van der Waals surface area contributed by atoms with Gasteiger partial charge in [-0.1, -0.05) is 0 Å².